The molecule has 36 heteroatoms. The zero-order chi connectivity index (χ0) is 112. The molecule has 0 saturated carbocycles. The maximum Gasteiger partial charge on any atom is 1.00 e. The molecule has 0 aromatic heterocycles. The van der Waals surface area contributed by atoms with Crippen LogP contribution in [0.3, 0.4) is 0 Å². The minimum atomic E-state index is -1.85. The Bertz CT molecular complexity index is 4890. The van der Waals surface area contributed by atoms with Crippen LogP contribution >= 0.6 is 0 Å². The molecule has 7 rings (SSSR count). The van der Waals surface area contributed by atoms with Gasteiger partial charge >= 0.3 is 71.3 Å². The largest absolute Gasteiger partial charge is 1.00 e. The van der Waals surface area contributed by atoms with E-state index in [2.05, 4.69) is 32.9 Å². The van der Waals surface area contributed by atoms with Crippen molar-refractivity contribution in [2.24, 2.45) is 132 Å². The van der Waals surface area contributed by atoms with Crippen LogP contribution in [0.2, 0.25) is 0 Å². The van der Waals surface area contributed by atoms with Crippen LogP contribution in [0.25, 0.3) is 0 Å². The first kappa shape index (κ1) is 134. The Morgan fingerprint density at radius 2 is 0.784 bits per heavy atom. The monoisotopic (exact) mass is 2080 g/mol. The van der Waals surface area contributed by atoms with Crippen LogP contribution in [0.5, 0.6) is 0 Å². The molecule has 4 saturated heterocycles. The van der Waals surface area contributed by atoms with E-state index in [4.69, 9.17) is 26.0 Å². The number of esters is 5. The number of unbranched alkanes of at least 4 members (excludes halogenated alkanes) is 3. The number of nitrogens with zero attached hydrogens (tertiary/aromatic N) is 5. The summed E-state index contributed by atoms with van der Waals surface area (Å²) in [6.07, 6.45) is 5.11. The Morgan fingerprint density at radius 1 is 0.419 bits per heavy atom. The van der Waals surface area contributed by atoms with E-state index < -0.39 is 194 Å². The number of hydrogen-bond donors (Lipinski definition) is 9. The summed E-state index contributed by atoms with van der Waals surface area (Å²) in [5.41, 5.74) is 6.25. The van der Waals surface area contributed by atoms with Crippen LogP contribution in [-0.4, -0.2) is 234 Å². The number of rotatable bonds is 54. The first-order valence-corrected chi connectivity index (χ1v) is 52.4. The summed E-state index contributed by atoms with van der Waals surface area (Å²) in [5, 5.41) is 56.0. The maximum atomic E-state index is 15.7. The van der Waals surface area contributed by atoms with Gasteiger partial charge in [-0.3, -0.25) is 86.5 Å². The molecule has 11 N–H and O–H groups in total. The van der Waals surface area contributed by atoms with Crippen LogP contribution in [0.1, 0.15) is 299 Å². The van der Waals surface area contributed by atoms with Gasteiger partial charge in [0.05, 0.1) is 83.5 Å². The van der Waals surface area contributed by atoms with Crippen LogP contribution in [0, 0.1) is 121 Å². The minimum absolute atomic E-state index is 0. The second-order valence-corrected chi connectivity index (χ2v) is 45.1. The van der Waals surface area contributed by atoms with Crippen molar-refractivity contribution in [2.45, 2.75) is 268 Å². The first-order valence-electron chi connectivity index (χ1n) is 52.4. The average molecular weight is 2090 g/mol. The number of carbonyl (C=O) groups is 17. The maximum absolute atomic E-state index is 15.7. The first-order chi connectivity index (χ1) is 68.4. The number of anilines is 3. The van der Waals surface area contributed by atoms with Gasteiger partial charge in [0.2, 0.25) is 35.4 Å². The van der Waals surface area contributed by atoms with E-state index in [1.165, 1.54) is 27.7 Å². The number of aliphatic hydroxyl groups is 1. The number of amides is 8. The second kappa shape index (κ2) is 60.8. The number of aliphatic carboxylic acids is 3. The van der Waals surface area contributed by atoms with E-state index in [0.29, 0.717) is 56.2 Å². The van der Waals surface area contributed by atoms with Crippen molar-refractivity contribution in [3.05, 3.63) is 89.5 Å². The number of nitrogens with two attached hydrogens (primary N) is 2. The Kier molecular flexibility index (Phi) is 55.1. The van der Waals surface area contributed by atoms with Gasteiger partial charge in [-0.05, 0) is 215 Å². The van der Waals surface area contributed by atoms with Gasteiger partial charge in [-0.15, -0.1) is 0 Å². The molecule has 3 aromatic rings. The number of benzene rings is 3. The number of carboxylic acids is 3. The summed E-state index contributed by atoms with van der Waals surface area (Å²) in [4.78, 5) is 244. The number of ketones is 1. The molecule has 3 aromatic carbocycles. The summed E-state index contributed by atoms with van der Waals surface area (Å²) in [6.45, 7) is 41.3. The van der Waals surface area contributed by atoms with E-state index in [1.807, 2.05) is 135 Å². The van der Waals surface area contributed by atoms with E-state index in [9.17, 15) is 72.9 Å². The number of likely N-dealkylation sites (tertiary alicyclic amines) is 2. The van der Waals surface area contributed by atoms with Gasteiger partial charge in [0, 0.05) is 140 Å². The van der Waals surface area contributed by atoms with E-state index in [-0.39, 0.29) is 155 Å². The van der Waals surface area contributed by atoms with E-state index >= 15 is 24.0 Å². The summed E-state index contributed by atoms with van der Waals surface area (Å²) >= 11 is 0. The topological polar surface area (TPSA) is 518 Å². The van der Waals surface area contributed by atoms with Gasteiger partial charge in [0.1, 0.15) is 0 Å². The molecule has 0 spiro atoms. The predicted molar refractivity (Wildman–Crippen MR) is 564 cm³/mol. The third-order valence-corrected chi connectivity index (χ3v) is 29.9. The molecule has 4 aliphatic rings. The number of Topliss-reactive ketones (excluding diaryl/α,β-unsaturated/α-hetero) is 1. The predicted octanol–water partition coefficient (Wildman–Crippen LogP) is 10.0. The average Bonchev–Trinajstić information content (AvgIpc) is 1.56. The SMILES string of the molecule is CCC(C)(C)C1C(=O)OC(=O)C1C.CCCCNC(=O)C(C(CC(C)(C)C(C(=O)OCC)C(CC(C)(C)C1C(=O)OC(=O)C1C)C(=O)O)C(=O)[O-])C(C)(C)CC1C(=O)N(CCCC)C(=O)C1C(C)(C)CC1C(=O)N(CCCNC(=O)c2ccc(N(C)C)cc2)C(=O)C1C(C)(C)CC(C(=O)O)C(C(=O)NCCCNC(=O)c1ccc(N(C)C)cc1)C(C)(C)CC.CCCN.CCO.CN(C)c1ccc(C(=O)CCCCN)cc1.[Na+]. The number of hydrogen-bond acceptors (Lipinski definition) is 27. The zero-order valence-corrected chi connectivity index (χ0v) is 96.4. The Balaban J connectivity index is 0.00000167. The molecule has 0 bridgehead atoms. The number of nitrogens with one attached hydrogen (secondary N) is 4. The third kappa shape index (κ3) is 37.2. The number of aliphatic hydroxyl groups excluding tert-OH is 1. The Hall–Kier alpha value is -10.1. The molecule has 826 valence electrons. The van der Waals surface area contributed by atoms with Crippen LogP contribution in [0.4, 0.5) is 17.1 Å². The van der Waals surface area contributed by atoms with Crippen LogP contribution in [0.15, 0.2) is 72.8 Å². The van der Waals surface area contributed by atoms with Crippen molar-refractivity contribution in [1.29, 1.82) is 0 Å². The van der Waals surface area contributed by atoms with Gasteiger partial charge in [0.25, 0.3) is 11.8 Å². The molecular formula is C112H178N11NaO24. The second-order valence-electron chi connectivity index (χ2n) is 45.1. The molecule has 35 nitrogen and oxygen atoms in total. The van der Waals surface area contributed by atoms with Gasteiger partial charge in [-0.1, -0.05) is 171 Å². The standard InChI is InChI=1S/C84H128N8O19.C13H20N2O.C10H16O3.C3H9N.C2H6O.Na/c1-22-26-38-87-68(96)61(57(74(103)104)47-84(16,17)64(77(108)110-25-4)58(75(105)106)48-80(8,9)59-49(5)76(107)111-78(59)109)81(10,11)44-54-62(71(99)91(69(54)97)42-27-23-2)82(12,13)45-55-63(72(100)92(70(55)98)43-29-41-86-66(94)51-32-36-53(37-33-51)90(20)21)83(14,15)46-56(73(101)102)60(79(6,7)24-3)67(95)88-40-28-39-85-65(93)50-30-34-52(35-31-50)89(18)19;1-15(2)12-8-6-11(7-9-12)13(16)5-3-4-10-14;1-5-10(3,4)7-6(2)8(11)13-9(7)12;1-2-3-4;1-2-3;/h30-37,49,54-64H,22-29,38-48H2,1-21H3,(H,85,93)(H,86,94)(H,87,96)(H,88,95)(H,101,102)(H,103,104)(H,105,106);6-9H,3-5,10,14H2,1-2H3;6-7H,5H2,1-4H3;2-4H2,1H3;3H,2H2,1H3;/q;;;;;+1/p-1. The number of cyclic esters (lactones) is 4. The fourth-order valence-electron chi connectivity index (χ4n) is 21.2. The van der Waals surface area contributed by atoms with E-state index in [0.717, 1.165) is 64.7 Å². The van der Waals surface area contributed by atoms with Crippen molar-refractivity contribution in [3.8, 4) is 0 Å². The van der Waals surface area contributed by atoms with Crippen molar-refractivity contribution in [3.63, 3.8) is 0 Å². The van der Waals surface area contributed by atoms with Crippen molar-refractivity contribution < 1.29 is 146 Å². The molecule has 0 aliphatic carbocycles. The molecular weight excluding hydrogens is 1910 g/mol. The molecule has 0 radical (unpaired) electrons. The number of carbonyl (C=O) groups excluding carboxylic acids is 15. The van der Waals surface area contributed by atoms with Gasteiger partial charge < -0.3 is 86.9 Å². The van der Waals surface area contributed by atoms with Crippen LogP contribution < -0.4 is 82.1 Å². The number of imide groups is 2. The molecule has 4 aliphatic heterocycles. The van der Waals surface area contributed by atoms with Crippen molar-refractivity contribution in [2.75, 3.05) is 123 Å². The fraction of sp³-hybridized carbons (Fsp3) is 0.688. The normalized spacial score (nSPS) is 19.2. The molecule has 4 heterocycles. The van der Waals surface area contributed by atoms with Gasteiger partial charge in [0.15, 0.2) is 5.78 Å². The van der Waals surface area contributed by atoms with Crippen LogP contribution in [-0.2, 0) is 81.3 Å². The fourth-order valence-corrected chi connectivity index (χ4v) is 21.2. The molecule has 14 unspecified atom stereocenters. The number of carboxylic acid groups (broad SMARTS) is 3. The molecule has 8 amide bonds. The molecule has 4 fully saturated rings. The third-order valence-electron chi connectivity index (χ3n) is 29.9. The van der Waals surface area contributed by atoms with Crippen molar-refractivity contribution in [1.82, 2.24) is 31.1 Å². The Morgan fingerprint density at radius 3 is 1.15 bits per heavy atom. The number of ether oxygens (including phenoxy) is 3. The van der Waals surface area contributed by atoms with Gasteiger partial charge in [-0.25, -0.2) is 0 Å². The van der Waals surface area contributed by atoms with Gasteiger partial charge in [-0.2, -0.15) is 0 Å². The zero-order valence-electron chi connectivity index (χ0n) is 94.4. The smallest absolute Gasteiger partial charge is 0.550 e. The molecule has 148 heavy (non-hydrogen) atoms. The Labute approximate surface area is 901 Å². The quantitative estimate of drug-likeness (QED) is 0.00482. The summed E-state index contributed by atoms with van der Waals surface area (Å²) in [5.74, 6) is -30.0. The van der Waals surface area contributed by atoms with E-state index in [1.54, 1.807) is 119 Å². The molecule has 14 atom stereocenters. The summed E-state index contributed by atoms with van der Waals surface area (Å²) < 4.78 is 15.1. The summed E-state index contributed by atoms with van der Waals surface area (Å²) in [6, 6.07) is 21.7. The minimum Gasteiger partial charge on any atom is -0.550 e. The summed E-state index contributed by atoms with van der Waals surface area (Å²) in [7, 11) is 11.5. The van der Waals surface area contributed by atoms with Crippen molar-refractivity contribution >= 4 is 118 Å².